The van der Waals surface area contributed by atoms with Crippen LogP contribution in [0.3, 0.4) is 0 Å². The Balaban J connectivity index is 1.86. The van der Waals surface area contributed by atoms with Crippen molar-refractivity contribution < 1.29 is 4.79 Å². The number of rotatable bonds is 2. The third kappa shape index (κ3) is 2.12. The van der Waals surface area contributed by atoms with E-state index in [0.29, 0.717) is 17.2 Å². The van der Waals surface area contributed by atoms with Crippen molar-refractivity contribution in [2.24, 2.45) is 16.7 Å². The van der Waals surface area contributed by atoms with Crippen LogP contribution in [0.2, 0.25) is 0 Å². The van der Waals surface area contributed by atoms with E-state index in [4.69, 9.17) is 5.73 Å². The van der Waals surface area contributed by atoms with Gasteiger partial charge in [-0.1, -0.05) is 20.8 Å². The molecule has 2 fully saturated rings. The van der Waals surface area contributed by atoms with Gasteiger partial charge in [-0.25, -0.2) is 0 Å². The predicted molar refractivity (Wildman–Crippen MR) is 83.9 cm³/mol. The van der Waals surface area contributed by atoms with Crippen molar-refractivity contribution in [1.82, 2.24) is 10.3 Å². The second-order valence-electron chi connectivity index (χ2n) is 7.72. The molecule has 3 rings (SSSR count). The third-order valence-corrected chi connectivity index (χ3v) is 5.90. The Morgan fingerprint density at radius 1 is 1.43 bits per heavy atom. The average molecular weight is 287 g/mol. The minimum atomic E-state index is -0.0425. The summed E-state index contributed by atoms with van der Waals surface area (Å²) < 4.78 is 0. The molecule has 1 heterocycles. The molecule has 3 N–H and O–H groups in total. The summed E-state index contributed by atoms with van der Waals surface area (Å²) in [6, 6.07) is 1.94. The molecule has 2 saturated carbocycles. The fraction of sp³-hybridized carbons (Fsp3) is 0.647. The van der Waals surface area contributed by atoms with Crippen molar-refractivity contribution in [1.29, 1.82) is 0 Å². The quantitative estimate of drug-likeness (QED) is 0.878. The van der Waals surface area contributed by atoms with E-state index < -0.39 is 0 Å². The van der Waals surface area contributed by atoms with Gasteiger partial charge in [-0.3, -0.25) is 9.78 Å². The maximum absolute atomic E-state index is 12.7. The Morgan fingerprint density at radius 2 is 2.14 bits per heavy atom. The third-order valence-electron chi connectivity index (χ3n) is 5.90. The minimum Gasteiger partial charge on any atom is -0.397 e. The van der Waals surface area contributed by atoms with Crippen LogP contribution in [0, 0.1) is 23.7 Å². The second-order valence-corrected chi connectivity index (χ2v) is 7.72. The lowest BCUT2D eigenvalue weighted by Crippen LogP contribution is -2.52. The topological polar surface area (TPSA) is 68.0 Å². The minimum absolute atomic E-state index is 0.0425. The molecule has 0 aromatic carbocycles. The number of carbonyl (C=O) groups excluding carboxylic acids is 1. The van der Waals surface area contributed by atoms with E-state index >= 15 is 0 Å². The number of nitrogens with two attached hydrogens (primary N) is 1. The summed E-state index contributed by atoms with van der Waals surface area (Å²) in [5, 5.41) is 3.29. The van der Waals surface area contributed by atoms with Crippen molar-refractivity contribution in [2.75, 3.05) is 5.73 Å². The zero-order chi connectivity index (χ0) is 15.4. The van der Waals surface area contributed by atoms with Gasteiger partial charge in [0.25, 0.3) is 5.91 Å². The van der Waals surface area contributed by atoms with E-state index in [2.05, 4.69) is 31.1 Å². The molecule has 0 spiro atoms. The highest BCUT2D eigenvalue weighted by Crippen LogP contribution is 2.62. The van der Waals surface area contributed by atoms with Crippen LogP contribution >= 0.6 is 0 Å². The van der Waals surface area contributed by atoms with Crippen LogP contribution in [0.15, 0.2) is 12.3 Å². The number of hydrogen-bond acceptors (Lipinski definition) is 3. The molecule has 2 aliphatic carbocycles. The van der Waals surface area contributed by atoms with Crippen LogP contribution in [0.25, 0.3) is 0 Å². The van der Waals surface area contributed by atoms with Crippen molar-refractivity contribution in [3.8, 4) is 0 Å². The van der Waals surface area contributed by atoms with Crippen molar-refractivity contribution >= 4 is 11.6 Å². The molecule has 3 atom stereocenters. The van der Waals surface area contributed by atoms with Crippen LogP contribution in [0.1, 0.15) is 56.1 Å². The van der Waals surface area contributed by atoms with Gasteiger partial charge in [-0.15, -0.1) is 0 Å². The number of aryl methyl sites for hydroxylation is 1. The molecular weight excluding hydrogens is 262 g/mol. The molecule has 0 aliphatic heterocycles. The number of pyridine rings is 1. The molecule has 1 aromatic rings. The molecule has 0 radical (unpaired) electrons. The monoisotopic (exact) mass is 287 g/mol. The molecular formula is C17H25N3O. The SMILES string of the molecule is Cc1ncc(N)cc1C(=O)NC1C2(C)CCC(C2)C1(C)C. The van der Waals surface area contributed by atoms with Gasteiger partial charge >= 0.3 is 0 Å². The van der Waals surface area contributed by atoms with Gasteiger partial charge in [-0.2, -0.15) is 0 Å². The maximum Gasteiger partial charge on any atom is 0.253 e. The number of hydrogen-bond donors (Lipinski definition) is 2. The molecule has 2 bridgehead atoms. The van der Waals surface area contributed by atoms with Crippen LogP contribution in [0.4, 0.5) is 5.69 Å². The summed E-state index contributed by atoms with van der Waals surface area (Å²) in [6.45, 7) is 8.74. The smallest absolute Gasteiger partial charge is 0.253 e. The number of anilines is 1. The number of nitrogens with zero attached hydrogens (tertiary/aromatic N) is 1. The molecule has 114 valence electrons. The number of nitrogen functional groups attached to an aromatic ring is 1. The molecule has 1 amide bonds. The largest absolute Gasteiger partial charge is 0.397 e. The number of fused-ring (bicyclic) bond motifs is 2. The normalized spacial score (nSPS) is 33.1. The first kappa shape index (κ1) is 14.4. The molecule has 0 saturated heterocycles. The molecule has 1 aromatic heterocycles. The number of nitrogens with one attached hydrogen (secondary N) is 1. The number of carbonyl (C=O) groups is 1. The zero-order valence-electron chi connectivity index (χ0n) is 13.4. The van der Waals surface area contributed by atoms with Gasteiger partial charge in [0.2, 0.25) is 0 Å². The highest BCUT2D eigenvalue weighted by molar-refractivity contribution is 5.96. The summed E-state index contributed by atoms with van der Waals surface area (Å²) in [5.74, 6) is 0.673. The lowest BCUT2D eigenvalue weighted by Gasteiger charge is -2.43. The zero-order valence-corrected chi connectivity index (χ0v) is 13.4. The van der Waals surface area contributed by atoms with Crippen LogP contribution in [-0.2, 0) is 0 Å². The highest BCUT2D eigenvalue weighted by atomic mass is 16.1. The Morgan fingerprint density at radius 3 is 2.76 bits per heavy atom. The van der Waals surface area contributed by atoms with E-state index in [0.717, 1.165) is 5.69 Å². The predicted octanol–water partition coefficient (Wildman–Crippen LogP) is 2.92. The highest BCUT2D eigenvalue weighted by Gasteiger charge is 2.59. The fourth-order valence-electron chi connectivity index (χ4n) is 4.65. The lowest BCUT2D eigenvalue weighted by molar-refractivity contribution is 0.0736. The lowest BCUT2D eigenvalue weighted by atomic mass is 9.68. The van der Waals surface area contributed by atoms with Gasteiger partial charge in [0, 0.05) is 6.04 Å². The van der Waals surface area contributed by atoms with Crippen molar-refractivity contribution in [3.63, 3.8) is 0 Å². The van der Waals surface area contributed by atoms with E-state index in [1.807, 2.05) is 6.92 Å². The Labute approximate surface area is 126 Å². The van der Waals surface area contributed by atoms with E-state index in [-0.39, 0.29) is 22.8 Å². The Hall–Kier alpha value is -1.58. The van der Waals surface area contributed by atoms with Crippen molar-refractivity contribution in [2.45, 2.75) is 53.0 Å². The number of aromatic nitrogens is 1. The summed E-state index contributed by atoms with van der Waals surface area (Å²) in [7, 11) is 0. The van der Waals surface area contributed by atoms with Crippen LogP contribution in [0.5, 0.6) is 0 Å². The molecule has 4 nitrogen and oxygen atoms in total. The first-order chi connectivity index (χ1) is 9.74. The van der Waals surface area contributed by atoms with Gasteiger partial charge in [0.05, 0.1) is 23.1 Å². The van der Waals surface area contributed by atoms with E-state index in [1.165, 1.54) is 19.3 Å². The summed E-state index contributed by atoms with van der Waals surface area (Å²) in [5.41, 5.74) is 8.01. The number of amides is 1. The summed E-state index contributed by atoms with van der Waals surface area (Å²) in [6.07, 6.45) is 5.31. The van der Waals surface area contributed by atoms with Gasteiger partial charge < -0.3 is 11.1 Å². The first-order valence-electron chi connectivity index (χ1n) is 7.77. The van der Waals surface area contributed by atoms with E-state index in [9.17, 15) is 4.79 Å². The van der Waals surface area contributed by atoms with Crippen LogP contribution < -0.4 is 11.1 Å². The average Bonchev–Trinajstić information content (AvgIpc) is 2.88. The van der Waals surface area contributed by atoms with Gasteiger partial charge in [0.1, 0.15) is 0 Å². The first-order valence-corrected chi connectivity index (χ1v) is 7.77. The second kappa shape index (κ2) is 4.46. The summed E-state index contributed by atoms with van der Waals surface area (Å²) >= 11 is 0. The standard InChI is InChI=1S/C17H25N3O/c1-10-13(7-12(18)9-19-10)14(21)20-15-16(2,3)11-5-6-17(15,4)8-11/h7,9,11,15H,5-6,8,18H2,1-4H3,(H,20,21). The molecule has 21 heavy (non-hydrogen) atoms. The molecule has 4 heteroatoms. The fourth-order valence-corrected chi connectivity index (χ4v) is 4.65. The van der Waals surface area contributed by atoms with Gasteiger partial charge in [0.15, 0.2) is 0 Å². The maximum atomic E-state index is 12.7. The Kier molecular flexibility index (Phi) is 3.05. The molecule has 2 aliphatic rings. The summed E-state index contributed by atoms with van der Waals surface area (Å²) in [4.78, 5) is 16.9. The van der Waals surface area contributed by atoms with Crippen molar-refractivity contribution in [3.05, 3.63) is 23.5 Å². The van der Waals surface area contributed by atoms with Crippen LogP contribution in [-0.4, -0.2) is 16.9 Å². The van der Waals surface area contributed by atoms with E-state index in [1.54, 1.807) is 12.3 Å². The van der Waals surface area contributed by atoms with Gasteiger partial charge in [-0.05, 0) is 49.0 Å². The molecule has 3 unspecified atom stereocenters. The Bertz CT molecular complexity index is 591.